The number of tetrazole rings is 1. The monoisotopic (exact) mass is 361 g/mol. The van der Waals surface area contributed by atoms with Crippen molar-refractivity contribution in [2.24, 2.45) is 0 Å². The van der Waals surface area contributed by atoms with Crippen LogP contribution in [0.5, 0.6) is 0 Å². The van der Waals surface area contributed by atoms with Crippen molar-refractivity contribution < 1.29 is 17.6 Å². The van der Waals surface area contributed by atoms with Crippen LogP contribution in [0.1, 0.15) is 27.4 Å². The second kappa shape index (κ2) is 6.13. The Kier molecular flexibility index (Phi) is 4.13. The van der Waals surface area contributed by atoms with E-state index in [9.17, 15) is 13.2 Å². The normalized spacial score (nSPS) is 11.5. The van der Waals surface area contributed by atoms with Gasteiger partial charge in [0.1, 0.15) is 17.8 Å². The molecule has 0 aliphatic carbocycles. The van der Waals surface area contributed by atoms with Gasteiger partial charge in [0.25, 0.3) is 15.9 Å². The van der Waals surface area contributed by atoms with Gasteiger partial charge < -0.3 is 4.42 Å². The highest BCUT2D eigenvalue weighted by atomic mass is 32.2. The van der Waals surface area contributed by atoms with E-state index in [4.69, 9.17) is 4.42 Å². The summed E-state index contributed by atoms with van der Waals surface area (Å²) >= 11 is 0. The zero-order valence-electron chi connectivity index (χ0n) is 13.7. The number of aromatic nitrogens is 4. The van der Waals surface area contributed by atoms with Gasteiger partial charge in [0.05, 0.1) is 16.1 Å². The fourth-order valence-corrected chi connectivity index (χ4v) is 3.43. The Morgan fingerprint density at radius 2 is 1.96 bits per heavy atom. The molecule has 2 heterocycles. The van der Waals surface area contributed by atoms with Crippen LogP contribution in [-0.2, 0) is 10.0 Å². The molecule has 0 saturated heterocycles. The van der Waals surface area contributed by atoms with Crippen LogP contribution in [-0.4, -0.2) is 34.5 Å². The summed E-state index contributed by atoms with van der Waals surface area (Å²) in [4.78, 5) is 12.3. The van der Waals surface area contributed by atoms with Gasteiger partial charge in [0.15, 0.2) is 0 Å². The number of aryl methyl sites for hydroxylation is 2. The lowest BCUT2D eigenvalue weighted by atomic mass is 10.1. The summed E-state index contributed by atoms with van der Waals surface area (Å²) in [6, 6.07) is 5.93. The van der Waals surface area contributed by atoms with Gasteiger partial charge in [-0.05, 0) is 49.4 Å². The van der Waals surface area contributed by atoms with E-state index in [0.717, 1.165) is 0 Å². The van der Waals surface area contributed by atoms with E-state index in [-0.39, 0.29) is 10.5 Å². The number of carbonyl (C=O) groups is 1. The average molecular weight is 361 g/mol. The summed E-state index contributed by atoms with van der Waals surface area (Å²) in [6.45, 7) is 5.02. The number of hydrogen-bond acceptors (Lipinski definition) is 7. The predicted molar refractivity (Wildman–Crippen MR) is 86.7 cm³/mol. The maximum absolute atomic E-state index is 12.5. The van der Waals surface area contributed by atoms with E-state index in [1.54, 1.807) is 26.8 Å². The molecule has 0 radical (unpaired) electrons. The number of nitrogens with one attached hydrogen (secondary N) is 1. The van der Waals surface area contributed by atoms with Gasteiger partial charge in [-0.15, -0.1) is 5.10 Å². The van der Waals surface area contributed by atoms with Crippen LogP contribution >= 0.6 is 0 Å². The Balaban J connectivity index is 1.92. The molecule has 9 nitrogen and oxygen atoms in total. The third-order valence-electron chi connectivity index (χ3n) is 3.76. The molecule has 0 bridgehead atoms. The molecule has 1 N–H and O–H groups in total. The number of benzene rings is 1. The highest BCUT2D eigenvalue weighted by Crippen LogP contribution is 2.21. The summed E-state index contributed by atoms with van der Waals surface area (Å²) in [6.07, 6.45) is 1.34. The van der Waals surface area contributed by atoms with Crippen molar-refractivity contribution >= 4 is 15.9 Å². The van der Waals surface area contributed by atoms with E-state index in [1.165, 1.54) is 29.2 Å². The van der Waals surface area contributed by atoms with E-state index < -0.39 is 15.9 Å². The van der Waals surface area contributed by atoms with Gasteiger partial charge in [-0.1, -0.05) is 6.07 Å². The maximum atomic E-state index is 12.5. The van der Waals surface area contributed by atoms with Crippen LogP contribution in [0.25, 0.3) is 5.69 Å². The molecule has 0 aliphatic rings. The van der Waals surface area contributed by atoms with Gasteiger partial charge in [0.2, 0.25) is 0 Å². The third kappa shape index (κ3) is 3.15. The van der Waals surface area contributed by atoms with E-state index >= 15 is 0 Å². The van der Waals surface area contributed by atoms with Crippen molar-refractivity contribution in [2.45, 2.75) is 25.7 Å². The summed E-state index contributed by atoms with van der Waals surface area (Å²) in [7, 11) is -4.07. The molecule has 0 fully saturated rings. The first-order valence-electron chi connectivity index (χ1n) is 7.27. The lowest BCUT2D eigenvalue weighted by Crippen LogP contribution is -2.31. The second-order valence-corrected chi connectivity index (χ2v) is 7.08. The first kappa shape index (κ1) is 16.8. The molecule has 3 rings (SSSR count). The van der Waals surface area contributed by atoms with Gasteiger partial charge >= 0.3 is 0 Å². The maximum Gasteiger partial charge on any atom is 0.268 e. The topological polar surface area (TPSA) is 120 Å². The lowest BCUT2D eigenvalue weighted by molar-refractivity contribution is 0.0979. The molecule has 130 valence electrons. The largest absolute Gasteiger partial charge is 0.466 e. The Bertz CT molecular complexity index is 1040. The number of furan rings is 1. The van der Waals surface area contributed by atoms with E-state index in [1.807, 2.05) is 0 Å². The number of amides is 1. The predicted octanol–water partition coefficient (Wildman–Crippen LogP) is 1.30. The van der Waals surface area contributed by atoms with Gasteiger partial charge in [-0.2, -0.15) is 0 Å². The first-order chi connectivity index (χ1) is 11.8. The molecule has 0 unspecified atom stereocenters. The van der Waals surface area contributed by atoms with Crippen molar-refractivity contribution in [3.8, 4) is 5.69 Å². The van der Waals surface area contributed by atoms with Crippen LogP contribution < -0.4 is 4.72 Å². The minimum atomic E-state index is -4.07. The number of rotatable bonds is 4. The molecular weight excluding hydrogens is 346 g/mol. The van der Waals surface area contributed by atoms with Crippen molar-refractivity contribution in [3.63, 3.8) is 0 Å². The second-order valence-electron chi connectivity index (χ2n) is 5.40. The molecule has 1 amide bonds. The van der Waals surface area contributed by atoms with Crippen molar-refractivity contribution in [2.75, 3.05) is 0 Å². The molecule has 0 spiro atoms. The summed E-state index contributed by atoms with van der Waals surface area (Å²) < 4.78 is 33.8. The number of carbonyl (C=O) groups excluding carboxylic acids is 1. The highest BCUT2D eigenvalue weighted by Gasteiger charge is 2.24. The zero-order chi connectivity index (χ0) is 18.2. The van der Waals surface area contributed by atoms with Crippen LogP contribution in [0.15, 0.2) is 39.9 Å². The van der Waals surface area contributed by atoms with Crippen molar-refractivity contribution in [1.29, 1.82) is 0 Å². The number of nitrogens with zero attached hydrogens (tertiary/aromatic N) is 4. The van der Waals surface area contributed by atoms with Gasteiger partial charge in [-0.25, -0.2) is 17.8 Å². The standard InChI is InChI=1S/C15H15N5O4S/c1-9-10(2)24-11(3)14(9)15(21)17-25(22,23)13-6-4-5-12(7-13)20-8-16-18-19-20/h4-8H,1-3H3,(H,17,21). The Morgan fingerprint density at radius 3 is 2.56 bits per heavy atom. The minimum Gasteiger partial charge on any atom is -0.466 e. The molecule has 2 aromatic heterocycles. The molecule has 0 aliphatic heterocycles. The van der Waals surface area contributed by atoms with Crippen LogP contribution in [0, 0.1) is 20.8 Å². The van der Waals surface area contributed by atoms with Gasteiger partial charge in [-0.3, -0.25) is 4.79 Å². The summed E-state index contributed by atoms with van der Waals surface area (Å²) in [5.41, 5.74) is 1.28. The lowest BCUT2D eigenvalue weighted by Gasteiger charge is -2.08. The summed E-state index contributed by atoms with van der Waals surface area (Å²) in [5.74, 6) is 0.200. The fourth-order valence-electron chi connectivity index (χ4n) is 2.43. The minimum absolute atomic E-state index is 0.0793. The molecule has 0 atom stereocenters. The highest BCUT2D eigenvalue weighted by molar-refractivity contribution is 7.90. The number of hydrogen-bond donors (Lipinski definition) is 1. The smallest absolute Gasteiger partial charge is 0.268 e. The molecule has 25 heavy (non-hydrogen) atoms. The number of sulfonamides is 1. The van der Waals surface area contributed by atoms with Crippen molar-refractivity contribution in [3.05, 3.63) is 53.2 Å². The molecule has 1 aromatic carbocycles. The Labute approximate surface area is 143 Å². The Morgan fingerprint density at radius 1 is 1.20 bits per heavy atom. The van der Waals surface area contributed by atoms with E-state index in [0.29, 0.717) is 22.8 Å². The molecule has 0 saturated carbocycles. The first-order valence-corrected chi connectivity index (χ1v) is 8.75. The SMILES string of the molecule is Cc1oc(C)c(C(=O)NS(=O)(=O)c2cccc(-n3cnnn3)c2)c1C. The summed E-state index contributed by atoms with van der Waals surface area (Å²) in [5, 5.41) is 10.7. The van der Waals surface area contributed by atoms with Crippen molar-refractivity contribution in [1.82, 2.24) is 24.9 Å². The van der Waals surface area contributed by atoms with Crippen LogP contribution in [0.2, 0.25) is 0 Å². The molecule has 10 heteroatoms. The Hall–Kier alpha value is -3.01. The van der Waals surface area contributed by atoms with E-state index in [2.05, 4.69) is 20.2 Å². The quantitative estimate of drug-likeness (QED) is 0.743. The third-order valence-corrected chi connectivity index (χ3v) is 5.09. The molecular formula is C15H15N5O4S. The van der Waals surface area contributed by atoms with Crippen LogP contribution in [0.4, 0.5) is 0 Å². The van der Waals surface area contributed by atoms with Gasteiger partial charge in [0, 0.05) is 5.56 Å². The van der Waals surface area contributed by atoms with Crippen LogP contribution in [0.3, 0.4) is 0 Å². The molecule has 3 aromatic rings. The average Bonchev–Trinajstić information content (AvgIpc) is 3.16. The zero-order valence-corrected chi connectivity index (χ0v) is 14.5. The fraction of sp³-hybridized carbons (Fsp3) is 0.200.